The molecule has 0 spiro atoms. The van der Waals surface area contributed by atoms with Crippen molar-refractivity contribution in [2.24, 2.45) is 12.8 Å². The molecule has 88 valence electrons. The van der Waals surface area contributed by atoms with E-state index in [1.54, 1.807) is 7.05 Å². The van der Waals surface area contributed by atoms with Crippen LogP contribution in [-0.4, -0.2) is 26.8 Å². The highest BCUT2D eigenvalue weighted by atomic mass is 32.1. The van der Waals surface area contributed by atoms with Crippen molar-refractivity contribution >= 4 is 29.1 Å². The van der Waals surface area contributed by atoms with E-state index >= 15 is 0 Å². The van der Waals surface area contributed by atoms with Gasteiger partial charge in [-0.3, -0.25) is 10.00 Å². The van der Waals surface area contributed by atoms with E-state index in [1.165, 1.54) is 10.9 Å². The first-order chi connectivity index (χ1) is 7.41. The van der Waals surface area contributed by atoms with Crippen LogP contribution in [0.25, 0.3) is 0 Å². The minimum atomic E-state index is -0.309. The van der Waals surface area contributed by atoms with Gasteiger partial charge in [0.2, 0.25) is 0 Å². The Labute approximate surface area is 99.2 Å². The van der Waals surface area contributed by atoms with Crippen LogP contribution in [0.2, 0.25) is 0 Å². The molecule has 1 aromatic rings. The fourth-order valence-corrected chi connectivity index (χ4v) is 1.32. The van der Waals surface area contributed by atoms with E-state index in [0.29, 0.717) is 11.4 Å². The lowest BCUT2D eigenvalue weighted by Gasteiger charge is -2.11. The first kappa shape index (κ1) is 12.4. The number of hydrogen-bond donors (Lipinski definition) is 3. The van der Waals surface area contributed by atoms with Crippen molar-refractivity contribution in [2.45, 2.75) is 19.9 Å². The van der Waals surface area contributed by atoms with Crippen LogP contribution in [0.4, 0.5) is 10.6 Å². The van der Waals surface area contributed by atoms with E-state index in [-0.39, 0.29) is 17.1 Å². The summed E-state index contributed by atoms with van der Waals surface area (Å²) < 4.78 is 1.51. The number of thiocarbonyl (C=S) groups is 1. The Bertz CT molecular complexity index is 412. The lowest BCUT2D eigenvalue weighted by molar-refractivity contribution is 0.250. The maximum atomic E-state index is 11.5. The lowest BCUT2D eigenvalue weighted by atomic mass is 10.3. The molecule has 0 fully saturated rings. The van der Waals surface area contributed by atoms with Crippen molar-refractivity contribution in [1.29, 1.82) is 0 Å². The zero-order valence-electron chi connectivity index (χ0n) is 9.44. The predicted molar refractivity (Wildman–Crippen MR) is 66.4 cm³/mol. The Balaban J connectivity index is 2.84. The Morgan fingerprint density at radius 1 is 1.62 bits per heavy atom. The van der Waals surface area contributed by atoms with Gasteiger partial charge in [-0.1, -0.05) is 12.2 Å². The molecule has 1 aromatic heterocycles. The molecule has 0 saturated carbocycles. The summed E-state index contributed by atoms with van der Waals surface area (Å²) in [5, 5.41) is 9.33. The van der Waals surface area contributed by atoms with Crippen LogP contribution in [0.3, 0.4) is 0 Å². The van der Waals surface area contributed by atoms with Crippen molar-refractivity contribution in [2.75, 3.05) is 5.32 Å². The van der Waals surface area contributed by atoms with Crippen molar-refractivity contribution in [3.63, 3.8) is 0 Å². The number of hydrogen-bond acceptors (Lipinski definition) is 3. The highest BCUT2D eigenvalue weighted by Crippen LogP contribution is 2.13. The summed E-state index contributed by atoms with van der Waals surface area (Å²) >= 11 is 4.86. The quantitative estimate of drug-likeness (QED) is 0.676. The minimum Gasteiger partial charge on any atom is -0.389 e. The van der Waals surface area contributed by atoms with Gasteiger partial charge in [0.05, 0.1) is 11.8 Å². The molecule has 0 aliphatic heterocycles. The zero-order chi connectivity index (χ0) is 12.3. The number of amides is 2. The predicted octanol–water partition coefficient (Wildman–Crippen LogP) is 0.584. The van der Waals surface area contributed by atoms with Gasteiger partial charge in [0.25, 0.3) is 0 Å². The van der Waals surface area contributed by atoms with Gasteiger partial charge in [0, 0.05) is 13.1 Å². The summed E-state index contributed by atoms with van der Waals surface area (Å²) in [4.78, 5) is 11.7. The molecule has 0 aliphatic rings. The summed E-state index contributed by atoms with van der Waals surface area (Å²) in [7, 11) is 1.70. The standard InChI is InChI=1S/C9H15N5OS/c1-5(2)12-9(15)13-8-6(7(10)16)4-11-14(8)3/h4-5H,1-3H3,(H2,10,16)(H2,12,13,15). The number of urea groups is 1. The van der Waals surface area contributed by atoms with Crippen LogP contribution < -0.4 is 16.4 Å². The maximum absolute atomic E-state index is 11.5. The second-order valence-electron chi connectivity index (χ2n) is 3.65. The van der Waals surface area contributed by atoms with Crippen LogP contribution in [0.15, 0.2) is 6.20 Å². The molecule has 4 N–H and O–H groups in total. The largest absolute Gasteiger partial charge is 0.389 e. The Kier molecular flexibility index (Phi) is 3.83. The van der Waals surface area contributed by atoms with E-state index < -0.39 is 0 Å². The van der Waals surface area contributed by atoms with Crippen molar-refractivity contribution in [3.05, 3.63) is 11.8 Å². The second kappa shape index (κ2) is 4.93. The van der Waals surface area contributed by atoms with Crippen LogP contribution >= 0.6 is 12.2 Å². The first-order valence-electron chi connectivity index (χ1n) is 4.81. The number of carbonyl (C=O) groups is 1. The summed E-state index contributed by atoms with van der Waals surface area (Å²) in [6.45, 7) is 3.74. The molecule has 6 nitrogen and oxygen atoms in total. The van der Waals surface area contributed by atoms with Gasteiger partial charge >= 0.3 is 6.03 Å². The normalized spacial score (nSPS) is 10.2. The zero-order valence-corrected chi connectivity index (χ0v) is 10.3. The van der Waals surface area contributed by atoms with Crippen LogP contribution in [0, 0.1) is 0 Å². The molecule has 16 heavy (non-hydrogen) atoms. The summed E-state index contributed by atoms with van der Waals surface area (Å²) in [6.07, 6.45) is 1.52. The molecule has 1 rings (SSSR count). The van der Waals surface area contributed by atoms with E-state index in [9.17, 15) is 4.79 Å². The lowest BCUT2D eigenvalue weighted by Crippen LogP contribution is -2.35. The number of nitrogens with one attached hydrogen (secondary N) is 2. The van der Waals surface area contributed by atoms with E-state index in [2.05, 4.69) is 15.7 Å². The van der Waals surface area contributed by atoms with Gasteiger partial charge in [-0.15, -0.1) is 0 Å². The fraction of sp³-hybridized carbons (Fsp3) is 0.444. The molecular formula is C9H15N5OS. The molecule has 2 amide bonds. The average Bonchev–Trinajstić information content (AvgIpc) is 2.46. The third-order valence-electron chi connectivity index (χ3n) is 1.86. The van der Waals surface area contributed by atoms with Crippen LogP contribution in [0.5, 0.6) is 0 Å². The van der Waals surface area contributed by atoms with Crippen molar-refractivity contribution in [1.82, 2.24) is 15.1 Å². The minimum absolute atomic E-state index is 0.0569. The third-order valence-corrected chi connectivity index (χ3v) is 2.08. The highest BCUT2D eigenvalue weighted by Gasteiger charge is 2.13. The van der Waals surface area contributed by atoms with Crippen molar-refractivity contribution in [3.8, 4) is 0 Å². The highest BCUT2D eigenvalue weighted by molar-refractivity contribution is 7.80. The van der Waals surface area contributed by atoms with Crippen LogP contribution in [0.1, 0.15) is 19.4 Å². The van der Waals surface area contributed by atoms with Gasteiger partial charge in [0.15, 0.2) is 0 Å². The monoisotopic (exact) mass is 241 g/mol. The molecule has 0 aliphatic carbocycles. The van der Waals surface area contributed by atoms with Gasteiger partial charge in [0.1, 0.15) is 10.8 Å². The number of nitrogens with zero attached hydrogens (tertiary/aromatic N) is 2. The molecule has 1 heterocycles. The SMILES string of the molecule is CC(C)NC(=O)Nc1c(C(N)=S)cnn1C. The third kappa shape index (κ3) is 2.93. The van der Waals surface area contributed by atoms with Crippen LogP contribution in [-0.2, 0) is 7.05 Å². The number of anilines is 1. The van der Waals surface area contributed by atoms with Gasteiger partial charge in [-0.2, -0.15) is 5.10 Å². The average molecular weight is 241 g/mol. The molecule has 0 atom stereocenters. The number of carbonyl (C=O) groups excluding carboxylic acids is 1. The molecule has 0 unspecified atom stereocenters. The summed E-state index contributed by atoms with van der Waals surface area (Å²) in [5.74, 6) is 0.491. The van der Waals surface area contributed by atoms with Gasteiger partial charge in [-0.05, 0) is 13.8 Å². The number of aryl methyl sites for hydroxylation is 1. The summed E-state index contributed by atoms with van der Waals surface area (Å²) in [5.41, 5.74) is 6.06. The van der Waals surface area contributed by atoms with E-state index in [4.69, 9.17) is 18.0 Å². The molecular weight excluding hydrogens is 226 g/mol. The van der Waals surface area contributed by atoms with E-state index in [0.717, 1.165) is 0 Å². The Morgan fingerprint density at radius 2 is 2.25 bits per heavy atom. The molecule has 0 bridgehead atoms. The molecule has 0 saturated heterocycles. The Hall–Kier alpha value is -1.63. The molecule has 7 heteroatoms. The topological polar surface area (TPSA) is 85.0 Å². The molecule has 0 aromatic carbocycles. The second-order valence-corrected chi connectivity index (χ2v) is 4.09. The van der Waals surface area contributed by atoms with Gasteiger partial charge in [-0.25, -0.2) is 4.79 Å². The molecule has 0 radical (unpaired) electrons. The first-order valence-corrected chi connectivity index (χ1v) is 5.22. The Morgan fingerprint density at radius 3 is 2.75 bits per heavy atom. The summed E-state index contributed by atoms with van der Waals surface area (Å²) in [6, 6.07) is -0.252. The number of aromatic nitrogens is 2. The van der Waals surface area contributed by atoms with Crippen molar-refractivity contribution < 1.29 is 4.79 Å². The fourth-order valence-electron chi connectivity index (χ4n) is 1.17. The van der Waals surface area contributed by atoms with E-state index in [1.807, 2.05) is 13.8 Å². The smallest absolute Gasteiger partial charge is 0.320 e. The van der Waals surface area contributed by atoms with Gasteiger partial charge < -0.3 is 11.1 Å². The number of rotatable bonds is 3. The number of nitrogens with two attached hydrogens (primary N) is 1. The maximum Gasteiger partial charge on any atom is 0.320 e.